The zero-order valence-electron chi connectivity index (χ0n) is 17.3. The third-order valence-corrected chi connectivity index (χ3v) is 5.74. The van der Waals surface area contributed by atoms with Gasteiger partial charge in [-0.15, -0.1) is 24.0 Å². The molecule has 1 saturated heterocycles. The molecule has 1 atom stereocenters. The molecule has 4 rings (SSSR count). The monoisotopic (exact) mass is 510 g/mol. The smallest absolute Gasteiger partial charge is 0.213 e. The summed E-state index contributed by atoms with van der Waals surface area (Å²) in [6.07, 6.45) is 12.2. The highest BCUT2D eigenvalue weighted by molar-refractivity contribution is 14.0. The van der Waals surface area contributed by atoms with Gasteiger partial charge in [-0.05, 0) is 49.3 Å². The summed E-state index contributed by atoms with van der Waals surface area (Å²) in [7, 11) is 3.82. The lowest BCUT2D eigenvalue weighted by molar-refractivity contribution is 0.201. The maximum Gasteiger partial charge on any atom is 0.213 e. The van der Waals surface area contributed by atoms with Crippen molar-refractivity contribution in [1.82, 2.24) is 25.0 Å². The van der Waals surface area contributed by atoms with E-state index in [2.05, 4.69) is 31.5 Å². The van der Waals surface area contributed by atoms with Gasteiger partial charge in [-0.25, -0.2) is 4.98 Å². The molecule has 1 saturated carbocycles. The number of guanidine groups is 1. The normalized spacial score (nSPS) is 20.0. The Morgan fingerprint density at radius 2 is 2.14 bits per heavy atom. The van der Waals surface area contributed by atoms with E-state index in [0.717, 1.165) is 49.8 Å². The Labute approximate surface area is 190 Å². The maximum absolute atomic E-state index is 6.03. The average Bonchev–Trinajstić information content (AvgIpc) is 3.45. The summed E-state index contributed by atoms with van der Waals surface area (Å²) in [4.78, 5) is 11.2. The number of likely N-dealkylation sites (tertiary alicyclic amines) is 1. The van der Waals surface area contributed by atoms with Crippen molar-refractivity contribution in [3.8, 4) is 5.88 Å². The van der Waals surface area contributed by atoms with E-state index < -0.39 is 0 Å². The lowest BCUT2D eigenvalue weighted by Gasteiger charge is -2.22. The van der Waals surface area contributed by atoms with Gasteiger partial charge in [0.15, 0.2) is 5.96 Å². The third kappa shape index (κ3) is 5.61. The van der Waals surface area contributed by atoms with Crippen LogP contribution < -0.4 is 10.1 Å². The first-order chi connectivity index (χ1) is 13.7. The van der Waals surface area contributed by atoms with E-state index >= 15 is 0 Å². The number of nitrogens with zero attached hydrogens (tertiary/aromatic N) is 5. The second-order valence-corrected chi connectivity index (χ2v) is 7.81. The van der Waals surface area contributed by atoms with Gasteiger partial charge in [0, 0.05) is 58.1 Å². The number of halogens is 1. The fourth-order valence-electron chi connectivity index (χ4n) is 4.19. The molecule has 1 aliphatic heterocycles. The molecule has 2 aliphatic rings. The molecule has 2 aromatic heterocycles. The SMILES string of the molecule is CN=C(NCc1ccnc(OC2CCCC2)c1)N1CCC(c2cnn(C)c2)C1.I. The van der Waals surface area contributed by atoms with Gasteiger partial charge < -0.3 is 15.0 Å². The molecule has 1 unspecified atom stereocenters. The Balaban J connectivity index is 0.00000240. The van der Waals surface area contributed by atoms with Crippen LogP contribution in [0, 0.1) is 0 Å². The number of aryl methyl sites for hydroxylation is 1. The summed E-state index contributed by atoms with van der Waals surface area (Å²) in [5.74, 6) is 2.19. The molecule has 0 aromatic carbocycles. The number of aromatic nitrogens is 3. The summed E-state index contributed by atoms with van der Waals surface area (Å²) in [6.45, 7) is 2.69. The average molecular weight is 510 g/mol. The van der Waals surface area contributed by atoms with Crippen LogP contribution >= 0.6 is 24.0 Å². The zero-order valence-corrected chi connectivity index (χ0v) is 19.6. The minimum absolute atomic E-state index is 0. The van der Waals surface area contributed by atoms with Crippen molar-refractivity contribution < 1.29 is 4.74 Å². The molecule has 29 heavy (non-hydrogen) atoms. The third-order valence-electron chi connectivity index (χ3n) is 5.74. The molecule has 2 fully saturated rings. The first-order valence-electron chi connectivity index (χ1n) is 10.3. The molecule has 0 radical (unpaired) electrons. The Morgan fingerprint density at radius 1 is 1.31 bits per heavy atom. The van der Waals surface area contributed by atoms with Crippen LogP contribution in [-0.2, 0) is 13.6 Å². The van der Waals surface area contributed by atoms with E-state index in [4.69, 9.17) is 4.74 Å². The van der Waals surface area contributed by atoms with Crippen molar-refractivity contribution in [1.29, 1.82) is 0 Å². The van der Waals surface area contributed by atoms with Gasteiger partial charge >= 0.3 is 0 Å². The minimum Gasteiger partial charge on any atom is -0.474 e. The molecule has 158 valence electrons. The van der Waals surface area contributed by atoms with Crippen LogP contribution in [0.2, 0.25) is 0 Å². The van der Waals surface area contributed by atoms with Crippen molar-refractivity contribution >= 4 is 29.9 Å². The van der Waals surface area contributed by atoms with Crippen LogP contribution in [0.15, 0.2) is 35.7 Å². The second-order valence-electron chi connectivity index (χ2n) is 7.81. The molecule has 1 N–H and O–H groups in total. The minimum atomic E-state index is 0. The van der Waals surface area contributed by atoms with Crippen molar-refractivity contribution in [2.45, 2.75) is 50.7 Å². The zero-order chi connectivity index (χ0) is 19.3. The molecule has 7 nitrogen and oxygen atoms in total. The number of ether oxygens (including phenoxy) is 1. The Kier molecular flexibility index (Phi) is 7.74. The second kappa shape index (κ2) is 10.3. The van der Waals surface area contributed by atoms with Gasteiger partial charge in [-0.2, -0.15) is 5.10 Å². The predicted octanol–water partition coefficient (Wildman–Crippen LogP) is 3.32. The van der Waals surface area contributed by atoms with Crippen LogP contribution in [-0.4, -0.2) is 51.9 Å². The topological polar surface area (TPSA) is 67.6 Å². The van der Waals surface area contributed by atoms with Gasteiger partial charge in [-0.1, -0.05) is 0 Å². The fraction of sp³-hybridized carbons (Fsp3) is 0.571. The highest BCUT2D eigenvalue weighted by Crippen LogP contribution is 2.27. The molecule has 3 heterocycles. The number of hydrogen-bond donors (Lipinski definition) is 1. The van der Waals surface area contributed by atoms with Gasteiger partial charge in [0.2, 0.25) is 5.88 Å². The molecule has 2 aromatic rings. The van der Waals surface area contributed by atoms with Crippen LogP contribution in [0.5, 0.6) is 5.88 Å². The van der Waals surface area contributed by atoms with Gasteiger partial charge in [0.25, 0.3) is 0 Å². The van der Waals surface area contributed by atoms with Gasteiger partial charge in [0.1, 0.15) is 6.10 Å². The standard InChI is InChI=1S/C21H30N6O.HI/c1-22-21(27-10-8-17(15-27)18-13-25-26(2)14-18)24-12-16-7-9-23-20(11-16)28-19-5-3-4-6-19;/h7,9,11,13-14,17,19H,3-6,8,10,12,15H2,1-2H3,(H,22,24);1H. The summed E-state index contributed by atoms with van der Waals surface area (Å²) >= 11 is 0. The quantitative estimate of drug-likeness (QED) is 0.380. The van der Waals surface area contributed by atoms with Crippen molar-refractivity contribution in [2.75, 3.05) is 20.1 Å². The van der Waals surface area contributed by atoms with Gasteiger partial charge in [-0.3, -0.25) is 9.67 Å². The molecular weight excluding hydrogens is 479 g/mol. The van der Waals surface area contributed by atoms with Crippen LogP contribution in [0.1, 0.15) is 49.1 Å². The molecular formula is C21H31IN6O. The molecule has 1 aliphatic carbocycles. The van der Waals surface area contributed by atoms with E-state index in [1.165, 1.54) is 18.4 Å². The van der Waals surface area contributed by atoms with E-state index in [9.17, 15) is 0 Å². The number of aliphatic imine (C=N–C) groups is 1. The van der Waals surface area contributed by atoms with Crippen molar-refractivity contribution in [2.24, 2.45) is 12.0 Å². The number of rotatable bonds is 5. The lowest BCUT2D eigenvalue weighted by atomic mass is 10.0. The van der Waals surface area contributed by atoms with Crippen LogP contribution in [0.25, 0.3) is 0 Å². The first-order valence-corrected chi connectivity index (χ1v) is 10.3. The Morgan fingerprint density at radius 3 is 2.86 bits per heavy atom. The molecule has 0 spiro atoms. The Bertz CT molecular complexity index is 817. The van der Waals surface area contributed by atoms with Crippen molar-refractivity contribution in [3.63, 3.8) is 0 Å². The number of hydrogen-bond acceptors (Lipinski definition) is 4. The Hall–Kier alpha value is -1.84. The molecule has 8 heteroatoms. The molecule has 0 bridgehead atoms. The van der Waals surface area contributed by atoms with E-state index in [0.29, 0.717) is 18.6 Å². The van der Waals surface area contributed by atoms with E-state index in [1.807, 2.05) is 43.3 Å². The molecule has 0 amide bonds. The predicted molar refractivity (Wildman–Crippen MR) is 125 cm³/mol. The fourth-order valence-corrected chi connectivity index (χ4v) is 4.19. The van der Waals surface area contributed by atoms with Crippen molar-refractivity contribution in [3.05, 3.63) is 41.9 Å². The summed E-state index contributed by atoms with van der Waals surface area (Å²) in [6, 6.07) is 4.07. The van der Waals surface area contributed by atoms with Gasteiger partial charge in [0.05, 0.1) is 6.20 Å². The van der Waals surface area contributed by atoms with E-state index in [1.54, 1.807) is 0 Å². The highest BCUT2D eigenvalue weighted by atomic mass is 127. The first kappa shape index (κ1) is 21.9. The maximum atomic E-state index is 6.03. The van der Waals surface area contributed by atoms with Crippen LogP contribution in [0.4, 0.5) is 0 Å². The van der Waals surface area contributed by atoms with E-state index in [-0.39, 0.29) is 24.0 Å². The summed E-state index contributed by atoms with van der Waals surface area (Å²) in [5.41, 5.74) is 2.47. The highest BCUT2D eigenvalue weighted by Gasteiger charge is 2.26. The summed E-state index contributed by atoms with van der Waals surface area (Å²) in [5, 5.41) is 7.80. The number of nitrogens with one attached hydrogen (secondary N) is 1. The lowest BCUT2D eigenvalue weighted by Crippen LogP contribution is -2.39. The van der Waals surface area contributed by atoms with Crippen LogP contribution in [0.3, 0.4) is 0 Å². The largest absolute Gasteiger partial charge is 0.474 e. The summed E-state index contributed by atoms with van der Waals surface area (Å²) < 4.78 is 7.90. The number of pyridine rings is 1.